The highest BCUT2D eigenvalue weighted by molar-refractivity contribution is 4.94. The minimum atomic E-state index is -0.594. The van der Waals surface area contributed by atoms with Crippen LogP contribution in [0.25, 0.3) is 0 Å². The highest BCUT2D eigenvalue weighted by atomic mass is 19.1. The number of halogens is 1. The molecule has 2 saturated heterocycles. The van der Waals surface area contributed by atoms with Crippen molar-refractivity contribution in [3.8, 4) is 0 Å². The smallest absolute Gasteiger partial charge is 0.114 e. The van der Waals surface area contributed by atoms with Crippen LogP contribution in [0.4, 0.5) is 4.39 Å². The van der Waals surface area contributed by atoms with Gasteiger partial charge in [-0.1, -0.05) is 0 Å². The maximum atomic E-state index is 13.1. The van der Waals surface area contributed by atoms with Gasteiger partial charge in [-0.3, -0.25) is 4.90 Å². The lowest BCUT2D eigenvalue weighted by Gasteiger charge is -2.30. The van der Waals surface area contributed by atoms with Gasteiger partial charge in [-0.25, -0.2) is 4.39 Å². The van der Waals surface area contributed by atoms with Crippen LogP contribution >= 0.6 is 0 Å². The summed E-state index contributed by atoms with van der Waals surface area (Å²) < 4.78 is 13.1. The molecule has 2 aliphatic heterocycles. The molecule has 0 saturated carbocycles. The van der Waals surface area contributed by atoms with Gasteiger partial charge in [0.2, 0.25) is 0 Å². The summed E-state index contributed by atoms with van der Waals surface area (Å²) in [5.41, 5.74) is 0. The van der Waals surface area contributed by atoms with E-state index in [9.17, 15) is 4.39 Å². The van der Waals surface area contributed by atoms with Crippen LogP contribution in [-0.2, 0) is 0 Å². The molecule has 0 aromatic heterocycles. The summed E-state index contributed by atoms with van der Waals surface area (Å²) >= 11 is 0. The van der Waals surface area contributed by atoms with Gasteiger partial charge in [-0.05, 0) is 39.9 Å². The molecule has 0 N–H and O–H groups in total. The summed E-state index contributed by atoms with van der Waals surface area (Å²) in [4.78, 5) is 4.58. The molecular formula is C10H19FN2. The Morgan fingerprint density at radius 2 is 1.92 bits per heavy atom. The lowest BCUT2D eigenvalue weighted by Crippen LogP contribution is -2.42. The Morgan fingerprint density at radius 1 is 1.15 bits per heavy atom. The van der Waals surface area contributed by atoms with E-state index in [0.29, 0.717) is 18.6 Å². The lowest BCUT2D eigenvalue weighted by molar-refractivity contribution is 0.176. The Hall–Kier alpha value is -0.150. The van der Waals surface area contributed by atoms with Crippen LogP contribution in [0.3, 0.4) is 0 Å². The number of hydrogen-bond acceptors (Lipinski definition) is 2. The molecule has 2 heterocycles. The van der Waals surface area contributed by atoms with E-state index >= 15 is 0 Å². The highest BCUT2D eigenvalue weighted by Gasteiger charge is 2.38. The van der Waals surface area contributed by atoms with Crippen LogP contribution in [0.15, 0.2) is 0 Å². The number of rotatable bonds is 1. The van der Waals surface area contributed by atoms with E-state index in [0.717, 1.165) is 6.42 Å². The maximum absolute atomic E-state index is 13.1. The van der Waals surface area contributed by atoms with E-state index in [1.807, 2.05) is 0 Å². The predicted molar refractivity (Wildman–Crippen MR) is 51.6 cm³/mol. The summed E-state index contributed by atoms with van der Waals surface area (Å²) in [5, 5.41) is 0. The van der Waals surface area contributed by atoms with Crippen LogP contribution in [-0.4, -0.2) is 55.2 Å². The van der Waals surface area contributed by atoms with Crippen LogP contribution in [0.1, 0.15) is 19.3 Å². The van der Waals surface area contributed by atoms with Gasteiger partial charge in [-0.15, -0.1) is 0 Å². The third-order valence-electron chi connectivity index (χ3n) is 3.57. The Morgan fingerprint density at radius 3 is 2.38 bits per heavy atom. The van der Waals surface area contributed by atoms with Gasteiger partial charge in [0.25, 0.3) is 0 Å². The third-order valence-corrected chi connectivity index (χ3v) is 3.57. The van der Waals surface area contributed by atoms with Gasteiger partial charge in [0.1, 0.15) is 6.17 Å². The fraction of sp³-hybridized carbons (Fsp3) is 1.00. The number of likely N-dealkylation sites (tertiary alicyclic amines) is 2. The van der Waals surface area contributed by atoms with E-state index in [1.54, 1.807) is 0 Å². The second kappa shape index (κ2) is 3.54. The van der Waals surface area contributed by atoms with Gasteiger partial charge in [0.15, 0.2) is 0 Å². The zero-order valence-electron chi connectivity index (χ0n) is 8.54. The van der Waals surface area contributed by atoms with Crippen LogP contribution in [0.2, 0.25) is 0 Å². The van der Waals surface area contributed by atoms with Crippen molar-refractivity contribution in [2.45, 2.75) is 37.5 Å². The van der Waals surface area contributed by atoms with Crippen LogP contribution in [0, 0.1) is 0 Å². The summed E-state index contributed by atoms with van der Waals surface area (Å²) in [6.07, 6.45) is 2.68. The normalized spacial score (nSPS) is 43.2. The summed E-state index contributed by atoms with van der Waals surface area (Å²) in [5.74, 6) is 0. The van der Waals surface area contributed by atoms with E-state index in [1.165, 1.54) is 19.4 Å². The predicted octanol–water partition coefficient (Wildman–Crippen LogP) is 1.12. The minimum Gasteiger partial charge on any atom is -0.302 e. The molecule has 0 spiro atoms. The van der Waals surface area contributed by atoms with Crippen molar-refractivity contribution < 1.29 is 4.39 Å². The van der Waals surface area contributed by atoms with E-state index in [-0.39, 0.29) is 0 Å². The Labute approximate surface area is 79.7 Å². The summed E-state index contributed by atoms with van der Waals surface area (Å²) in [6.45, 7) is 1.82. The molecule has 2 aliphatic rings. The van der Waals surface area contributed by atoms with Crippen molar-refractivity contribution in [3.63, 3.8) is 0 Å². The van der Waals surface area contributed by atoms with Gasteiger partial charge >= 0.3 is 0 Å². The number of nitrogens with zero attached hydrogens (tertiary/aromatic N) is 2. The van der Waals surface area contributed by atoms with Crippen molar-refractivity contribution in [1.82, 2.24) is 9.80 Å². The average molecular weight is 186 g/mol. The zero-order valence-corrected chi connectivity index (χ0v) is 8.54. The second-order valence-corrected chi connectivity index (χ2v) is 4.53. The SMILES string of the molecule is CN1CCCC1C1CC(F)CN1C. The topological polar surface area (TPSA) is 6.48 Å². The minimum absolute atomic E-state index is 0.461. The molecule has 13 heavy (non-hydrogen) atoms. The molecule has 0 aliphatic carbocycles. The molecule has 0 amide bonds. The molecule has 0 aromatic carbocycles. The molecule has 76 valence electrons. The van der Waals surface area contributed by atoms with Gasteiger partial charge < -0.3 is 4.90 Å². The molecule has 0 bridgehead atoms. The molecule has 2 nitrogen and oxygen atoms in total. The fourth-order valence-electron chi connectivity index (χ4n) is 2.84. The van der Waals surface area contributed by atoms with Crippen LogP contribution < -0.4 is 0 Å². The van der Waals surface area contributed by atoms with Gasteiger partial charge in [0.05, 0.1) is 0 Å². The summed E-state index contributed by atoms with van der Waals surface area (Å²) in [6, 6.07) is 1.06. The Balaban J connectivity index is 1.99. The van der Waals surface area contributed by atoms with Crippen molar-refractivity contribution >= 4 is 0 Å². The lowest BCUT2D eigenvalue weighted by atomic mass is 10.0. The Kier molecular flexibility index (Phi) is 2.56. The third kappa shape index (κ3) is 1.72. The first-order valence-corrected chi connectivity index (χ1v) is 5.23. The van der Waals surface area contributed by atoms with E-state index in [2.05, 4.69) is 23.9 Å². The Bertz CT molecular complexity index is 186. The standard InChI is InChI=1S/C10H19FN2/c1-12-5-3-4-9(12)10-6-8(11)7-13(10)2/h8-10H,3-7H2,1-2H3. The van der Waals surface area contributed by atoms with Crippen LogP contribution in [0.5, 0.6) is 0 Å². The maximum Gasteiger partial charge on any atom is 0.114 e. The number of hydrogen-bond donors (Lipinski definition) is 0. The molecular weight excluding hydrogens is 167 g/mol. The molecule has 0 radical (unpaired) electrons. The van der Waals surface area contributed by atoms with Crippen molar-refractivity contribution in [2.24, 2.45) is 0 Å². The molecule has 3 atom stereocenters. The quantitative estimate of drug-likeness (QED) is 0.605. The number of likely N-dealkylation sites (N-methyl/N-ethyl adjacent to an activating group) is 2. The molecule has 3 heteroatoms. The molecule has 2 fully saturated rings. The van der Waals surface area contributed by atoms with E-state index in [4.69, 9.17) is 0 Å². The van der Waals surface area contributed by atoms with Crippen molar-refractivity contribution in [3.05, 3.63) is 0 Å². The highest BCUT2D eigenvalue weighted by Crippen LogP contribution is 2.28. The first-order valence-electron chi connectivity index (χ1n) is 5.23. The second-order valence-electron chi connectivity index (χ2n) is 4.53. The average Bonchev–Trinajstić information content (AvgIpc) is 2.58. The van der Waals surface area contributed by atoms with Crippen molar-refractivity contribution in [2.75, 3.05) is 27.2 Å². The van der Waals surface area contributed by atoms with E-state index < -0.39 is 6.17 Å². The first kappa shape index (κ1) is 9.41. The van der Waals surface area contributed by atoms with Crippen molar-refractivity contribution in [1.29, 1.82) is 0 Å². The molecule has 3 unspecified atom stereocenters. The first-order chi connectivity index (χ1) is 6.18. The zero-order chi connectivity index (χ0) is 9.42. The fourth-order valence-corrected chi connectivity index (χ4v) is 2.84. The number of alkyl halides is 1. The van der Waals surface area contributed by atoms with Gasteiger partial charge in [-0.2, -0.15) is 0 Å². The molecule has 0 aromatic rings. The summed E-state index contributed by atoms with van der Waals surface area (Å²) in [7, 11) is 4.22. The molecule has 2 rings (SSSR count). The van der Waals surface area contributed by atoms with Gasteiger partial charge in [0, 0.05) is 18.6 Å². The monoisotopic (exact) mass is 186 g/mol. The largest absolute Gasteiger partial charge is 0.302 e.